The number of hydroxylamine groups is 3. The molecule has 0 aliphatic carbocycles. The molecule has 1 fully saturated rings. The van der Waals surface area contributed by atoms with Gasteiger partial charge < -0.3 is 15.4 Å². The van der Waals surface area contributed by atoms with Crippen LogP contribution in [0, 0.1) is 5.21 Å². The number of carbonyl (C=O) groups is 1. The molecule has 0 aromatic rings. The highest BCUT2D eigenvalue weighted by atomic mass is 16.7. The number of hydrogen-bond acceptors (Lipinski definition) is 8. The first-order valence-corrected chi connectivity index (χ1v) is 8.42. The third kappa shape index (κ3) is 3.60. The van der Waals surface area contributed by atoms with Crippen molar-refractivity contribution in [1.82, 2.24) is 25.5 Å². The Bertz CT molecular complexity index is 531. The molecule has 134 valence electrons. The summed E-state index contributed by atoms with van der Waals surface area (Å²) in [7, 11) is 1.48. The maximum atomic E-state index is 12.3. The van der Waals surface area contributed by atoms with Crippen LogP contribution in [-0.2, 0) is 9.63 Å². The topological polar surface area (TPSA) is 86.7 Å². The lowest BCUT2D eigenvalue weighted by Gasteiger charge is -2.47. The third-order valence-electron chi connectivity index (χ3n) is 4.61. The summed E-state index contributed by atoms with van der Waals surface area (Å²) < 4.78 is 0. The van der Waals surface area contributed by atoms with Crippen LogP contribution in [0.15, 0.2) is 16.3 Å². The van der Waals surface area contributed by atoms with E-state index >= 15 is 0 Å². The van der Waals surface area contributed by atoms with Crippen LogP contribution in [0.4, 0.5) is 0 Å². The second kappa shape index (κ2) is 7.58. The summed E-state index contributed by atoms with van der Waals surface area (Å²) >= 11 is 0. The average molecular weight is 337 g/mol. The fourth-order valence-electron chi connectivity index (χ4n) is 3.15. The summed E-state index contributed by atoms with van der Waals surface area (Å²) in [4.78, 5) is 24.6. The second-order valence-electron chi connectivity index (χ2n) is 6.27. The average Bonchev–Trinajstić information content (AvgIpc) is 2.62. The highest BCUT2D eigenvalue weighted by molar-refractivity contribution is 5.96. The molecule has 0 aromatic carbocycles. The molecule has 9 nitrogen and oxygen atoms in total. The maximum Gasteiger partial charge on any atom is 0.266 e. The molecule has 9 heteroatoms. The first kappa shape index (κ1) is 17.3. The minimum Gasteiger partial charge on any atom is -0.767 e. The summed E-state index contributed by atoms with van der Waals surface area (Å²) in [5, 5.41) is 18.5. The van der Waals surface area contributed by atoms with Crippen LogP contribution in [0.2, 0.25) is 0 Å². The van der Waals surface area contributed by atoms with Gasteiger partial charge in [0.2, 0.25) is 0 Å². The predicted molar refractivity (Wildman–Crippen MR) is 89.5 cm³/mol. The first-order valence-electron chi connectivity index (χ1n) is 8.42. The Labute approximate surface area is 142 Å². The van der Waals surface area contributed by atoms with Crippen molar-refractivity contribution in [2.75, 3.05) is 52.9 Å². The number of rotatable bonds is 5. The van der Waals surface area contributed by atoms with E-state index in [4.69, 9.17) is 4.84 Å². The highest BCUT2D eigenvalue weighted by Crippen LogP contribution is 2.27. The molecule has 1 atom stereocenters. The lowest BCUT2D eigenvalue weighted by Crippen LogP contribution is -2.53. The number of hydrogen-bond donors (Lipinski definition) is 1. The molecule has 0 saturated carbocycles. The molecule has 3 aliphatic rings. The van der Waals surface area contributed by atoms with Crippen molar-refractivity contribution in [2.45, 2.75) is 19.4 Å². The van der Waals surface area contributed by atoms with Crippen LogP contribution in [-0.4, -0.2) is 91.4 Å². The van der Waals surface area contributed by atoms with Crippen molar-refractivity contribution >= 4 is 12.2 Å². The van der Waals surface area contributed by atoms with Crippen LogP contribution in [0.1, 0.15) is 13.3 Å². The van der Waals surface area contributed by atoms with Crippen molar-refractivity contribution < 1.29 is 9.63 Å². The van der Waals surface area contributed by atoms with Gasteiger partial charge in [0.15, 0.2) is 0 Å². The van der Waals surface area contributed by atoms with E-state index in [1.165, 1.54) is 7.05 Å². The van der Waals surface area contributed by atoms with Gasteiger partial charge >= 0.3 is 0 Å². The lowest BCUT2D eigenvalue weighted by molar-refractivity contribution is -0.144. The molecule has 1 saturated heterocycles. The summed E-state index contributed by atoms with van der Waals surface area (Å²) in [6, 6.07) is -0.464. The number of hydrazine groups is 1. The highest BCUT2D eigenvalue weighted by Gasteiger charge is 2.34. The van der Waals surface area contributed by atoms with Crippen LogP contribution in [0.5, 0.6) is 0 Å². The molecule has 0 aromatic heterocycles. The maximum absolute atomic E-state index is 12.3. The van der Waals surface area contributed by atoms with E-state index in [2.05, 4.69) is 15.2 Å². The SMILES string of the molecule is CC1C2=C(CN(OCCCN3CCNCC3)C=N2)C(=O)N(C)N1[O-]. The molecule has 0 spiro atoms. The van der Waals surface area contributed by atoms with Gasteiger partial charge in [-0.25, -0.2) is 10.1 Å². The van der Waals surface area contributed by atoms with E-state index in [0.717, 1.165) is 44.2 Å². The monoisotopic (exact) mass is 337 g/mol. The van der Waals surface area contributed by atoms with Crippen molar-refractivity contribution in [3.8, 4) is 0 Å². The Kier molecular flexibility index (Phi) is 5.47. The van der Waals surface area contributed by atoms with Gasteiger partial charge in [0.25, 0.3) is 5.91 Å². The van der Waals surface area contributed by atoms with Gasteiger partial charge in [0, 0.05) is 39.8 Å². The van der Waals surface area contributed by atoms with Crippen molar-refractivity contribution in [2.24, 2.45) is 4.99 Å². The Balaban J connectivity index is 1.47. The Hall–Kier alpha value is -1.52. The molecule has 1 unspecified atom stereocenters. The number of carbonyl (C=O) groups excluding carboxylic acids is 1. The zero-order valence-electron chi connectivity index (χ0n) is 14.3. The molecule has 3 rings (SSSR count). The minimum atomic E-state index is -0.464. The van der Waals surface area contributed by atoms with E-state index in [9.17, 15) is 10.0 Å². The fraction of sp³-hybridized carbons (Fsp3) is 0.733. The normalized spacial score (nSPS) is 26.3. The Morgan fingerprint density at radius 3 is 2.92 bits per heavy atom. The largest absolute Gasteiger partial charge is 0.767 e. The number of amides is 1. The van der Waals surface area contributed by atoms with Gasteiger partial charge in [0.1, 0.15) is 6.34 Å². The van der Waals surface area contributed by atoms with Crippen LogP contribution >= 0.6 is 0 Å². The predicted octanol–water partition coefficient (Wildman–Crippen LogP) is -0.613. The zero-order chi connectivity index (χ0) is 17.1. The molecule has 0 radical (unpaired) electrons. The number of aliphatic imine (C=N–C) groups is 1. The molecule has 3 aliphatic heterocycles. The zero-order valence-corrected chi connectivity index (χ0v) is 14.3. The van der Waals surface area contributed by atoms with Crippen LogP contribution < -0.4 is 5.32 Å². The van der Waals surface area contributed by atoms with Gasteiger partial charge in [0.05, 0.1) is 30.5 Å². The number of nitrogens with zero attached hydrogens (tertiary/aromatic N) is 5. The van der Waals surface area contributed by atoms with E-state index in [-0.39, 0.29) is 5.91 Å². The van der Waals surface area contributed by atoms with Crippen LogP contribution in [0.25, 0.3) is 0 Å². The van der Waals surface area contributed by atoms with Gasteiger partial charge in [-0.05, 0) is 13.3 Å². The van der Waals surface area contributed by atoms with Crippen molar-refractivity contribution in [1.29, 1.82) is 0 Å². The Morgan fingerprint density at radius 2 is 2.17 bits per heavy atom. The molecular formula is C15H25N6O3-. The summed E-state index contributed by atoms with van der Waals surface area (Å²) in [5.74, 6) is -0.315. The number of nitrogens with one attached hydrogen (secondary N) is 1. The fourth-order valence-corrected chi connectivity index (χ4v) is 3.15. The van der Waals surface area contributed by atoms with Crippen molar-refractivity contribution in [3.63, 3.8) is 0 Å². The van der Waals surface area contributed by atoms with Crippen LogP contribution in [0.3, 0.4) is 0 Å². The smallest absolute Gasteiger partial charge is 0.266 e. The summed E-state index contributed by atoms with van der Waals surface area (Å²) in [6.45, 7) is 7.89. The van der Waals surface area contributed by atoms with Gasteiger partial charge in [-0.2, -0.15) is 0 Å². The minimum absolute atomic E-state index is 0.315. The van der Waals surface area contributed by atoms with E-state index in [1.807, 2.05) is 0 Å². The molecule has 3 heterocycles. The summed E-state index contributed by atoms with van der Waals surface area (Å²) in [6.07, 6.45) is 2.49. The molecule has 24 heavy (non-hydrogen) atoms. The lowest BCUT2D eigenvalue weighted by atomic mass is 10.0. The third-order valence-corrected chi connectivity index (χ3v) is 4.61. The van der Waals surface area contributed by atoms with Gasteiger partial charge in [-0.15, -0.1) is 0 Å². The summed E-state index contributed by atoms with van der Waals surface area (Å²) in [5.41, 5.74) is 1.07. The van der Waals surface area contributed by atoms with E-state index < -0.39 is 6.04 Å². The Morgan fingerprint density at radius 1 is 1.42 bits per heavy atom. The first-order chi connectivity index (χ1) is 11.6. The quantitative estimate of drug-likeness (QED) is 0.670. The molecule has 0 bridgehead atoms. The number of piperazine rings is 1. The molecule has 1 amide bonds. The van der Waals surface area contributed by atoms with E-state index in [1.54, 1.807) is 18.3 Å². The molecular weight excluding hydrogens is 312 g/mol. The standard InChI is InChI=1S/C15H25N6O3/c1-12-14-13(15(22)18(2)21(12)23)10-20(11-17-14)24-9-3-6-19-7-4-16-5-8-19/h11-12,16H,3-10H2,1-2H3/q-1. The van der Waals surface area contributed by atoms with Crippen molar-refractivity contribution in [3.05, 3.63) is 16.5 Å². The van der Waals surface area contributed by atoms with Gasteiger partial charge in [-0.1, -0.05) is 0 Å². The van der Waals surface area contributed by atoms with E-state index in [0.29, 0.717) is 29.6 Å². The molecule has 1 N–H and O–H groups in total. The second-order valence-corrected chi connectivity index (χ2v) is 6.27. The number of likely N-dealkylation sites (N-methyl/N-ethyl adjacent to an activating group) is 1. The van der Waals surface area contributed by atoms with Gasteiger partial charge in [-0.3, -0.25) is 19.8 Å².